The number of ether oxygens (including phenoxy) is 4. The van der Waals surface area contributed by atoms with Crippen LogP contribution < -0.4 is 24.3 Å². The first-order valence-electron chi connectivity index (χ1n) is 10.3. The van der Waals surface area contributed by atoms with Gasteiger partial charge in [0.25, 0.3) is 0 Å². The van der Waals surface area contributed by atoms with Crippen LogP contribution >= 0.6 is 24.0 Å². The zero-order chi connectivity index (χ0) is 23.1. The van der Waals surface area contributed by atoms with Crippen LogP contribution in [0.25, 0.3) is 0 Å². The van der Waals surface area contributed by atoms with Gasteiger partial charge in [0.15, 0.2) is 29.0 Å². The van der Waals surface area contributed by atoms with Crippen molar-refractivity contribution in [2.45, 2.75) is 26.0 Å². The molecule has 1 aliphatic heterocycles. The minimum absolute atomic E-state index is 0. The first kappa shape index (κ1) is 26.7. The van der Waals surface area contributed by atoms with Gasteiger partial charge in [-0.2, -0.15) is 8.78 Å². The lowest BCUT2D eigenvalue weighted by molar-refractivity contribution is -0.0512. The van der Waals surface area contributed by atoms with E-state index in [2.05, 4.69) is 19.9 Å². The Bertz CT molecular complexity index is 960. The second-order valence-corrected chi connectivity index (χ2v) is 7.24. The van der Waals surface area contributed by atoms with Crippen molar-refractivity contribution in [1.29, 1.82) is 0 Å². The van der Waals surface area contributed by atoms with E-state index in [0.717, 1.165) is 30.2 Å². The molecule has 33 heavy (non-hydrogen) atoms. The van der Waals surface area contributed by atoms with Crippen molar-refractivity contribution in [3.8, 4) is 23.0 Å². The Balaban J connectivity index is 0.00000385. The number of hydrogen-bond acceptors (Lipinski definition) is 5. The zero-order valence-corrected chi connectivity index (χ0v) is 21.5. The van der Waals surface area contributed by atoms with Crippen molar-refractivity contribution in [2.24, 2.45) is 4.99 Å². The maximum Gasteiger partial charge on any atom is 0.387 e. The van der Waals surface area contributed by atoms with Crippen LogP contribution in [0.3, 0.4) is 0 Å². The maximum atomic E-state index is 12.6. The van der Waals surface area contributed by atoms with E-state index in [1.807, 2.05) is 18.2 Å². The van der Waals surface area contributed by atoms with Crippen molar-refractivity contribution >= 4 is 29.9 Å². The average Bonchev–Trinajstić information content (AvgIpc) is 2.80. The molecule has 0 spiro atoms. The monoisotopic (exact) mass is 577 g/mol. The Morgan fingerprint density at radius 3 is 2.27 bits per heavy atom. The number of alkyl halides is 2. The number of aliphatic imine (C=N–C) groups is 1. The SMILES string of the molecule is CN=C(NCCc1ccc(OC)c(OC(F)F)c1)N1CCc2cc(OC)c(OC)cc2C1.I. The van der Waals surface area contributed by atoms with Crippen LogP contribution in [0.2, 0.25) is 0 Å². The van der Waals surface area contributed by atoms with E-state index >= 15 is 0 Å². The number of halogens is 3. The lowest BCUT2D eigenvalue weighted by Crippen LogP contribution is -2.44. The van der Waals surface area contributed by atoms with Crippen molar-refractivity contribution in [3.63, 3.8) is 0 Å². The fourth-order valence-corrected chi connectivity index (χ4v) is 3.78. The molecule has 0 amide bonds. The first-order chi connectivity index (χ1) is 15.5. The molecule has 0 bridgehead atoms. The third-order valence-corrected chi connectivity index (χ3v) is 5.37. The van der Waals surface area contributed by atoms with Gasteiger partial charge in [0.05, 0.1) is 21.3 Å². The average molecular weight is 577 g/mol. The van der Waals surface area contributed by atoms with Gasteiger partial charge in [0, 0.05) is 26.7 Å². The third-order valence-electron chi connectivity index (χ3n) is 5.37. The number of guanidine groups is 1. The molecule has 182 valence electrons. The van der Waals surface area contributed by atoms with Gasteiger partial charge in [-0.15, -0.1) is 24.0 Å². The third kappa shape index (κ3) is 6.75. The molecule has 3 rings (SSSR count). The van der Waals surface area contributed by atoms with Gasteiger partial charge in [0.2, 0.25) is 0 Å². The van der Waals surface area contributed by atoms with Gasteiger partial charge in [-0.05, 0) is 53.8 Å². The fourth-order valence-electron chi connectivity index (χ4n) is 3.78. The molecule has 0 atom stereocenters. The van der Waals surface area contributed by atoms with E-state index in [1.165, 1.54) is 18.2 Å². The topological polar surface area (TPSA) is 64.6 Å². The summed E-state index contributed by atoms with van der Waals surface area (Å²) >= 11 is 0. The standard InChI is InChI=1S/C23H29F2N3O4.HI/c1-26-23(27-9-7-15-5-6-18(29-2)21(11-15)32-22(24)25)28-10-8-16-12-19(30-3)20(31-4)13-17(16)14-28;/h5-6,11-13,22H,7-10,14H2,1-4H3,(H,26,27);1H. The van der Waals surface area contributed by atoms with Crippen LogP contribution in [0.5, 0.6) is 23.0 Å². The molecule has 0 unspecified atom stereocenters. The molecule has 2 aromatic carbocycles. The second kappa shape index (κ2) is 12.7. The highest BCUT2D eigenvalue weighted by Gasteiger charge is 2.21. The Morgan fingerprint density at radius 1 is 1.00 bits per heavy atom. The Kier molecular flexibility index (Phi) is 10.3. The number of hydrogen-bond donors (Lipinski definition) is 1. The van der Waals surface area contributed by atoms with E-state index in [1.54, 1.807) is 33.4 Å². The highest BCUT2D eigenvalue weighted by atomic mass is 127. The van der Waals surface area contributed by atoms with Crippen LogP contribution in [0.4, 0.5) is 8.78 Å². The van der Waals surface area contributed by atoms with Gasteiger partial charge in [-0.3, -0.25) is 4.99 Å². The highest BCUT2D eigenvalue weighted by Crippen LogP contribution is 2.33. The Morgan fingerprint density at radius 2 is 1.67 bits per heavy atom. The molecular formula is C23H30F2IN3O4. The molecule has 0 aliphatic carbocycles. The molecule has 0 saturated carbocycles. The highest BCUT2D eigenvalue weighted by molar-refractivity contribution is 14.0. The lowest BCUT2D eigenvalue weighted by atomic mass is 9.99. The van der Waals surface area contributed by atoms with Crippen molar-refractivity contribution in [3.05, 3.63) is 47.0 Å². The van der Waals surface area contributed by atoms with Gasteiger partial charge in [-0.25, -0.2) is 0 Å². The molecule has 0 fully saturated rings. The van der Waals surface area contributed by atoms with E-state index in [4.69, 9.17) is 14.2 Å². The van der Waals surface area contributed by atoms with E-state index < -0.39 is 6.61 Å². The summed E-state index contributed by atoms with van der Waals surface area (Å²) in [7, 11) is 6.43. The molecule has 0 radical (unpaired) electrons. The van der Waals surface area contributed by atoms with Crippen LogP contribution in [0.1, 0.15) is 16.7 Å². The minimum Gasteiger partial charge on any atom is -0.493 e. The van der Waals surface area contributed by atoms with Crippen molar-refractivity contribution < 1.29 is 27.7 Å². The normalized spacial score (nSPS) is 13.2. The maximum absolute atomic E-state index is 12.6. The van der Waals surface area contributed by atoms with Gasteiger partial charge >= 0.3 is 6.61 Å². The zero-order valence-electron chi connectivity index (χ0n) is 19.2. The predicted molar refractivity (Wildman–Crippen MR) is 134 cm³/mol. The summed E-state index contributed by atoms with van der Waals surface area (Å²) in [6.45, 7) is -0.805. The van der Waals surface area contributed by atoms with Gasteiger partial charge < -0.3 is 29.2 Å². The summed E-state index contributed by atoms with van der Waals surface area (Å²) in [5.74, 6) is 2.52. The second-order valence-electron chi connectivity index (χ2n) is 7.24. The summed E-state index contributed by atoms with van der Waals surface area (Å²) in [6.07, 6.45) is 1.47. The summed E-state index contributed by atoms with van der Waals surface area (Å²) in [5, 5.41) is 3.36. The number of nitrogens with one attached hydrogen (secondary N) is 1. The number of nitrogens with zero attached hydrogens (tertiary/aromatic N) is 2. The molecule has 10 heteroatoms. The molecule has 0 saturated heterocycles. The van der Waals surface area contributed by atoms with E-state index in [9.17, 15) is 8.78 Å². The number of rotatable bonds is 8. The molecule has 1 N–H and O–H groups in total. The quantitative estimate of drug-likeness (QED) is 0.290. The summed E-state index contributed by atoms with van der Waals surface area (Å²) in [6, 6.07) is 9.08. The number of methoxy groups -OCH3 is 3. The first-order valence-corrected chi connectivity index (χ1v) is 10.3. The Hall–Kier alpha value is -2.50. The summed E-state index contributed by atoms with van der Waals surface area (Å²) in [5.41, 5.74) is 3.25. The molecular weight excluding hydrogens is 547 g/mol. The Labute approximate surface area is 210 Å². The molecule has 7 nitrogen and oxygen atoms in total. The van der Waals surface area contributed by atoms with Crippen molar-refractivity contribution in [2.75, 3.05) is 41.5 Å². The molecule has 1 heterocycles. The van der Waals surface area contributed by atoms with E-state index in [0.29, 0.717) is 25.3 Å². The summed E-state index contributed by atoms with van der Waals surface area (Å²) < 4.78 is 45.8. The van der Waals surface area contributed by atoms with Gasteiger partial charge in [0.1, 0.15) is 0 Å². The lowest BCUT2D eigenvalue weighted by Gasteiger charge is -2.32. The number of fused-ring (bicyclic) bond motifs is 1. The van der Waals surface area contributed by atoms with Crippen LogP contribution in [-0.2, 0) is 19.4 Å². The number of benzene rings is 2. The smallest absolute Gasteiger partial charge is 0.387 e. The van der Waals surface area contributed by atoms with Crippen LogP contribution in [-0.4, -0.2) is 58.9 Å². The van der Waals surface area contributed by atoms with Crippen LogP contribution in [0, 0.1) is 0 Å². The predicted octanol–water partition coefficient (Wildman–Crippen LogP) is 4.11. The fraction of sp³-hybridized carbons (Fsp3) is 0.435. The van der Waals surface area contributed by atoms with Crippen molar-refractivity contribution in [1.82, 2.24) is 10.2 Å². The summed E-state index contributed by atoms with van der Waals surface area (Å²) in [4.78, 5) is 6.58. The van der Waals surface area contributed by atoms with Gasteiger partial charge in [-0.1, -0.05) is 6.07 Å². The van der Waals surface area contributed by atoms with Crippen LogP contribution in [0.15, 0.2) is 35.3 Å². The van der Waals surface area contributed by atoms with E-state index in [-0.39, 0.29) is 35.5 Å². The minimum atomic E-state index is -2.91. The molecule has 2 aromatic rings. The largest absolute Gasteiger partial charge is 0.493 e. The molecule has 1 aliphatic rings. The molecule has 0 aromatic heterocycles.